The number of halogens is 2. The molecular formula is C20H18F2N4O. The summed E-state index contributed by atoms with van der Waals surface area (Å²) in [4.78, 5) is 6.03. The molecule has 0 bridgehead atoms. The zero-order chi connectivity index (χ0) is 19.4. The second kappa shape index (κ2) is 7.98. The van der Waals surface area contributed by atoms with Crippen LogP contribution in [0.4, 0.5) is 14.7 Å². The lowest BCUT2D eigenvalue weighted by Gasteiger charge is -2.25. The molecule has 5 nitrogen and oxygen atoms in total. The van der Waals surface area contributed by atoms with Crippen molar-refractivity contribution in [3.8, 4) is 17.5 Å². The zero-order valence-electron chi connectivity index (χ0n) is 14.9. The van der Waals surface area contributed by atoms with Gasteiger partial charge in [0.05, 0.1) is 11.6 Å². The number of nitrogens with zero attached hydrogens (tertiary/aromatic N) is 3. The van der Waals surface area contributed by atoms with Crippen LogP contribution in [-0.4, -0.2) is 30.5 Å². The quantitative estimate of drug-likeness (QED) is 0.706. The lowest BCUT2D eigenvalue weighted by molar-refractivity contribution is 0.310. The minimum absolute atomic E-state index is 0.0373. The van der Waals surface area contributed by atoms with E-state index in [1.165, 1.54) is 24.3 Å². The first-order valence-electron chi connectivity index (χ1n) is 8.31. The maximum absolute atomic E-state index is 14.0. The minimum Gasteiger partial charge on any atom is -0.419 e. The van der Waals surface area contributed by atoms with Crippen molar-refractivity contribution >= 4 is 5.88 Å². The Morgan fingerprint density at radius 2 is 1.85 bits per heavy atom. The molecule has 0 aliphatic heterocycles. The van der Waals surface area contributed by atoms with Crippen LogP contribution < -0.4 is 5.32 Å². The fourth-order valence-electron chi connectivity index (χ4n) is 2.74. The summed E-state index contributed by atoms with van der Waals surface area (Å²) in [7, 11) is 3.79. The molecule has 0 unspecified atom stereocenters. The number of benzene rings is 2. The van der Waals surface area contributed by atoms with Gasteiger partial charge in [-0.1, -0.05) is 24.3 Å². The Bertz CT molecular complexity index is 961. The van der Waals surface area contributed by atoms with Crippen molar-refractivity contribution in [3.63, 3.8) is 0 Å². The third-order valence-corrected chi connectivity index (χ3v) is 4.17. The molecule has 138 valence electrons. The van der Waals surface area contributed by atoms with Gasteiger partial charge in [-0.25, -0.2) is 8.78 Å². The van der Waals surface area contributed by atoms with Gasteiger partial charge in [-0.2, -0.15) is 10.2 Å². The number of nitrogens with one attached hydrogen (secondary N) is 1. The molecule has 0 aliphatic carbocycles. The number of likely N-dealkylation sites (N-methyl/N-ethyl adjacent to an activating group) is 1. The molecule has 7 heteroatoms. The van der Waals surface area contributed by atoms with Crippen LogP contribution >= 0.6 is 0 Å². The SMILES string of the molecule is CN(C)[C@@H](CNc1oc(-c2ccccc2F)nc1C#N)c1ccc(F)cc1. The topological polar surface area (TPSA) is 65.1 Å². The highest BCUT2D eigenvalue weighted by Crippen LogP contribution is 2.28. The largest absolute Gasteiger partial charge is 0.419 e. The lowest BCUT2D eigenvalue weighted by atomic mass is 10.1. The van der Waals surface area contributed by atoms with Gasteiger partial charge in [-0.15, -0.1) is 0 Å². The summed E-state index contributed by atoms with van der Waals surface area (Å²) in [6.07, 6.45) is 0. The molecule has 0 spiro atoms. The third kappa shape index (κ3) is 4.13. The molecule has 3 rings (SSSR count). The Hall–Kier alpha value is -3.24. The van der Waals surface area contributed by atoms with E-state index >= 15 is 0 Å². The first-order chi connectivity index (χ1) is 13.0. The standard InChI is InChI=1S/C20H18F2N4O/c1-26(2)18(13-7-9-14(21)10-8-13)12-24-20-17(11-23)25-19(27-20)15-5-3-4-6-16(15)22/h3-10,18,24H,12H2,1-2H3/t18-/m0/s1. The summed E-state index contributed by atoms with van der Waals surface area (Å²) in [5.41, 5.74) is 1.14. The highest BCUT2D eigenvalue weighted by atomic mass is 19.1. The molecule has 0 saturated heterocycles. The van der Waals surface area contributed by atoms with Gasteiger partial charge in [-0.3, -0.25) is 0 Å². The number of hydrogen-bond acceptors (Lipinski definition) is 5. The van der Waals surface area contributed by atoms with E-state index < -0.39 is 5.82 Å². The number of nitriles is 1. The Labute approximate surface area is 155 Å². The summed E-state index contributed by atoms with van der Waals surface area (Å²) in [5, 5.41) is 12.4. The lowest BCUT2D eigenvalue weighted by Crippen LogP contribution is -2.26. The summed E-state index contributed by atoms with van der Waals surface area (Å²) >= 11 is 0. The molecule has 3 aromatic rings. The molecule has 0 amide bonds. The Morgan fingerprint density at radius 3 is 2.48 bits per heavy atom. The van der Waals surface area contributed by atoms with Gasteiger partial charge in [0.2, 0.25) is 17.5 Å². The maximum Gasteiger partial charge on any atom is 0.233 e. The van der Waals surface area contributed by atoms with E-state index in [-0.39, 0.29) is 34.9 Å². The average Bonchev–Trinajstić information content (AvgIpc) is 3.06. The van der Waals surface area contributed by atoms with Crippen LogP contribution in [0.25, 0.3) is 11.5 Å². The summed E-state index contributed by atoms with van der Waals surface area (Å²) < 4.78 is 32.7. The molecule has 27 heavy (non-hydrogen) atoms. The van der Waals surface area contributed by atoms with Crippen LogP contribution in [0.3, 0.4) is 0 Å². The molecule has 1 N–H and O–H groups in total. The third-order valence-electron chi connectivity index (χ3n) is 4.17. The summed E-state index contributed by atoms with van der Waals surface area (Å²) in [6.45, 7) is 0.388. The molecule has 0 fully saturated rings. The van der Waals surface area contributed by atoms with E-state index in [0.717, 1.165) is 5.56 Å². The van der Waals surface area contributed by atoms with Gasteiger partial charge in [0.15, 0.2) is 0 Å². The van der Waals surface area contributed by atoms with Gasteiger partial charge in [0.1, 0.15) is 17.7 Å². The highest BCUT2D eigenvalue weighted by Gasteiger charge is 2.20. The van der Waals surface area contributed by atoms with E-state index in [1.54, 1.807) is 24.3 Å². The van der Waals surface area contributed by atoms with Crippen LogP contribution in [0.15, 0.2) is 52.9 Å². The number of anilines is 1. The predicted molar refractivity (Wildman–Crippen MR) is 97.9 cm³/mol. The zero-order valence-corrected chi connectivity index (χ0v) is 14.9. The van der Waals surface area contributed by atoms with Crippen molar-refractivity contribution in [1.29, 1.82) is 5.26 Å². The highest BCUT2D eigenvalue weighted by molar-refractivity contribution is 5.59. The van der Waals surface area contributed by atoms with Gasteiger partial charge >= 0.3 is 0 Å². The van der Waals surface area contributed by atoms with Gasteiger partial charge < -0.3 is 14.6 Å². The van der Waals surface area contributed by atoms with Crippen molar-refractivity contribution in [3.05, 3.63) is 71.4 Å². The van der Waals surface area contributed by atoms with Gasteiger partial charge in [0, 0.05) is 6.54 Å². The summed E-state index contributed by atoms with van der Waals surface area (Å²) in [5.74, 6) is -0.576. The molecule has 1 aromatic heterocycles. The molecule has 1 atom stereocenters. The second-order valence-electron chi connectivity index (χ2n) is 6.20. The van der Waals surface area contributed by atoms with Crippen LogP contribution in [0.1, 0.15) is 17.3 Å². The predicted octanol–water partition coefficient (Wildman–Crippen LogP) is 4.21. The van der Waals surface area contributed by atoms with Crippen molar-refractivity contribution in [2.45, 2.75) is 6.04 Å². The number of aromatic nitrogens is 1. The fraction of sp³-hybridized carbons (Fsp3) is 0.200. The Balaban J connectivity index is 1.83. The van der Waals surface area contributed by atoms with E-state index in [4.69, 9.17) is 4.42 Å². The van der Waals surface area contributed by atoms with Crippen molar-refractivity contribution in [2.75, 3.05) is 26.0 Å². The smallest absolute Gasteiger partial charge is 0.233 e. The Morgan fingerprint density at radius 1 is 1.15 bits per heavy atom. The van der Waals surface area contributed by atoms with Crippen molar-refractivity contribution in [2.24, 2.45) is 0 Å². The maximum atomic E-state index is 14.0. The molecule has 0 aliphatic rings. The number of oxazole rings is 1. The van der Waals surface area contributed by atoms with E-state index in [0.29, 0.717) is 6.54 Å². The molecule has 2 aromatic carbocycles. The fourth-order valence-corrected chi connectivity index (χ4v) is 2.74. The molecule has 0 saturated carbocycles. The van der Waals surface area contributed by atoms with Crippen LogP contribution in [0, 0.1) is 23.0 Å². The van der Waals surface area contributed by atoms with Crippen LogP contribution in [-0.2, 0) is 0 Å². The number of hydrogen-bond donors (Lipinski definition) is 1. The van der Waals surface area contributed by atoms with E-state index in [1.807, 2.05) is 25.1 Å². The van der Waals surface area contributed by atoms with Crippen molar-refractivity contribution in [1.82, 2.24) is 9.88 Å². The normalized spacial score (nSPS) is 12.0. The second-order valence-corrected chi connectivity index (χ2v) is 6.20. The average molecular weight is 368 g/mol. The van der Waals surface area contributed by atoms with Gasteiger partial charge in [-0.05, 0) is 43.9 Å². The first-order valence-corrected chi connectivity index (χ1v) is 8.31. The minimum atomic E-state index is -0.479. The molecular weight excluding hydrogens is 350 g/mol. The van der Waals surface area contributed by atoms with Crippen LogP contribution in [0.5, 0.6) is 0 Å². The van der Waals surface area contributed by atoms with Gasteiger partial charge in [0.25, 0.3) is 0 Å². The van der Waals surface area contributed by atoms with E-state index in [9.17, 15) is 14.0 Å². The molecule has 1 heterocycles. The Kier molecular flexibility index (Phi) is 5.48. The number of rotatable bonds is 6. The monoisotopic (exact) mass is 368 g/mol. The summed E-state index contributed by atoms with van der Waals surface area (Å²) in [6, 6.07) is 14.1. The van der Waals surface area contributed by atoms with Crippen molar-refractivity contribution < 1.29 is 13.2 Å². The van der Waals surface area contributed by atoms with Crippen LogP contribution in [0.2, 0.25) is 0 Å². The molecule has 0 radical (unpaired) electrons. The first kappa shape index (κ1) is 18.5. The van der Waals surface area contributed by atoms with E-state index in [2.05, 4.69) is 10.3 Å².